The van der Waals surface area contributed by atoms with Crippen LogP contribution in [0.15, 0.2) is 53.4 Å². The maximum absolute atomic E-state index is 13.1. The summed E-state index contributed by atoms with van der Waals surface area (Å²) >= 11 is 0. The molecule has 4 rings (SSSR count). The van der Waals surface area contributed by atoms with Crippen LogP contribution < -0.4 is 0 Å². The number of carbonyl (C=O) groups is 1. The Kier molecular flexibility index (Phi) is 5.69. The molecular formula is C22H25FN2O3S. The first-order valence-corrected chi connectivity index (χ1v) is 11.5. The minimum Gasteiger partial charge on any atom is -0.341 e. The molecule has 1 aliphatic heterocycles. The highest BCUT2D eigenvalue weighted by Crippen LogP contribution is 2.35. The summed E-state index contributed by atoms with van der Waals surface area (Å²) in [7, 11) is -3.68. The molecule has 1 aliphatic carbocycles. The second-order valence-corrected chi connectivity index (χ2v) is 9.67. The van der Waals surface area contributed by atoms with Crippen molar-refractivity contribution < 1.29 is 17.6 Å². The molecule has 0 saturated carbocycles. The highest BCUT2D eigenvalue weighted by molar-refractivity contribution is 7.89. The van der Waals surface area contributed by atoms with Crippen LogP contribution in [0.1, 0.15) is 36.3 Å². The van der Waals surface area contributed by atoms with Crippen LogP contribution in [0.5, 0.6) is 0 Å². The van der Waals surface area contributed by atoms with Gasteiger partial charge in [0.2, 0.25) is 15.9 Å². The van der Waals surface area contributed by atoms with Gasteiger partial charge in [0, 0.05) is 32.6 Å². The molecule has 2 aromatic rings. The van der Waals surface area contributed by atoms with E-state index in [0.717, 1.165) is 25.0 Å². The Labute approximate surface area is 171 Å². The molecule has 0 aromatic heterocycles. The molecule has 1 atom stereocenters. The van der Waals surface area contributed by atoms with Crippen molar-refractivity contribution in [1.82, 2.24) is 9.21 Å². The molecule has 7 heteroatoms. The van der Waals surface area contributed by atoms with E-state index in [9.17, 15) is 17.6 Å². The lowest BCUT2D eigenvalue weighted by atomic mass is 9.97. The normalized spacial score (nSPS) is 20.3. The van der Waals surface area contributed by atoms with Crippen molar-refractivity contribution in [1.29, 1.82) is 0 Å². The number of hydrogen-bond donors (Lipinski definition) is 0. The second-order valence-electron chi connectivity index (χ2n) is 7.73. The van der Waals surface area contributed by atoms with Crippen molar-refractivity contribution in [3.05, 3.63) is 65.5 Å². The Bertz CT molecular complexity index is 991. The third-order valence-electron chi connectivity index (χ3n) is 5.94. The van der Waals surface area contributed by atoms with Gasteiger partial charge in [0.05, 0.1) is 4.90 Å². The molecule has 0 N–H and O–H groups in total. The minimum atomic E-state index is -3.68. The summed E-state index contributed by atoms with van der Waals surface area (Å²) in [4.78, 5) is 14.8. The van der Waals surface area contributed by atoms with Gasteiger partial charge >= 0.3 is 0 Å². The highest BCUT2D eigenvalue weighted by atomic mass is 32.2. The van der Waals surface area contributed by atoms with Gasteiger partial charge in [-0.2, -0.15) is 4.31 Å². The molecule has 154 valence electrons. The van der Waals surface area contributed by atoms with Crippen LogP contribution in [0, 0.1) is 5.82 Å². The van der Waals surface area contributed by atoms with Crippen LogP contribution in [0.2, 0.25) is 0 Å². The number of aryl methyl sites for hydroxylation is 1. The van der Waals surface area contributed by atoms with Crippen molar-refractivity contribution in [2.24, 2.45) is 0 Å². The molecule has 29 heavy (non-hydrogen) atoms. The monoisotopic (exact) mass is 416 g/mol. The van der Waals surface area contributed by atoms with E-state index in [1.165, 1.54) is 27.6 Å². The fourth-order valence-electron chi connectivity index (χ4n) is 4.34. The first-order chi connectivity index (χ1) is 13.9. The summed E-state index contributed by atoms with van der Waals surface area (Å²) in [6, 6.07) is 13.2. The maximum atomic E-state index is 13.1. The topological polar surface area (TPSA) is 57.7 Å². The van der Waals surface area contributed by atoms with Crippen molar-refractivity contribution in [2.45, 2.75) is 36.5 Å². The predicted octanol–water partition coefficient (Wildman–Crippen LogP) is 3.17. The Hall–Kier alpha value is -2.25. The van der Waals surface area contributed by atoms with Crippen LogP contribution in [-0.2, 0) is 21.2 Å². The maximum Gasteiger partial charge on any atom is 0.243 e. The van der Waals surface area contributed by atoms with E-state index in [1.807, 2.05) is 12.1 Å². The Morgan fingerprint density at radius 1 is 1.00 bits per heavy atom. The molecule has 5 nitrogen and oxygen atoms in total. The van der Waals surface area contributed by atoms with Gasteiger partial charge in [0.15, 0.2) is 0 Å². The standard InChI is InChI=1S/C22H25FN2O3S/c23-19-8-10-20(11-9-19)29(27,28)25-13-3-12-24(14-15-25)22(26)16-18-7-6-17-4-1-2-5-21(17)18/h1-2,4-5,8-11,18H,3,6-7,12-16H2. The largest absolute Gasteiger partial charge is 0.341 e. The molecule has 2 aliphatic rings. The Balaban J connectivity index is 1.40. The van der Waals surface area contributed by atoms with Crippen molar-refractivity contribution in [2.75, 3.05) is 26.2 Å². The van der Waals surface area contributed by atoms with Gasteiger partial charge in [-0.15, -0.1) is 0 Å². The lowest BCUT2D eigenvalue weighted by Crippen LogP contribution is -2.37. The van der Waals surface area contributed by atoms with Gasteiger partial charge < -0.3 is 4.90 Å². The van der Waals surface area contributed by atoms with Gasteiger partial charge in [0.1, 0.15) is 5.82 Å². The zero-order chi connectivity index (χ0) is 20.4. The van der Waals surface area contributed by atoms with E-state index in [2.05, 4.69) is 12.1 Å². The van der Waals surface area contributed by atoms with E-state index < -0.39 is 15.8 Å². The number of benzene rings is 2. The van der Waals surface area contributed by atoms with Crippen LogP contribution in [0.25, 0.3) is 0 Å². The number of halogens is 1. The molecule has 2 aromatic carbocycles. The SMILES string of the molecule is O=C(CC1CCc2ccccc21)N1CCCN(S(=O)(=O)c2ccc(F)cc2)CC1. The highest BCUT2D eigenvalue weighted by Gasteiger charge is 2.30. The zero-order valence-electron chi connectivity index (χ0n) is 16.3. The van der Waals surface area contributed by atoms with Crippen LogP contribution in [0.4, 0.5) is 4.39 Å². The molecular weight excluding hydrogens is 391 g/mol. The molecule has 1 saturated heterocycles. The average molecular weight is 417 g/mol. The van der Waals surface area contributed by atoms with Crippen molar-refractivity contribution in [3.8, 4) is 0 Å². The number of sulfonamides is 1. The fraction of sp³-hybridized carbons (Fsp3) is 0.409. The van der Waals surface area contributed by atoms with Crippen molar-refractivity contribution in [3.63, 3.8) is 0 Å². The number of rotatable bonds is 4. The molecule has 1 amide bonds. The van der Waals surface area contributed by atoms with Gasteiger partial charge in [0.25, 0.3) is 0 Å². The Morgan fingerprint density at radius 3 is 2.55 bits per heavy atom. The van der Waals surface area contributed by atoms with Gasteiger partial charge in [-0.05, 0) is 60.6 Å². The smallest absolute Gasteiger partial charge is 0.243 e. The quantitative estimate of drug-likeness (QED) is 0.769. The van der Waals surface area contributed by atoms with Gasteiger partial charge in [-0.25, -0.2) is 12.8 Å². The number of fused-ring (bicyclic) bond motifs is 1. The fourth-order valence-corrected chi connectivity index (χ4v) is 5.81. The molecule has 1 fully saturated rings. The summed E-state index contributed by atoms with van der Waals surface area (Å²) in [5.74, 6) is -0.126. The van der Waals surface area contributed by atoms with Gasteiger partial charge in [-0.3, -0.25) is 4.79 Å². The third-order valence-corrected chi connectivity index (χ3v) is 7.85. The molecule has 0 bridgehead atoms. The number of carbonyl (C=O) groups excluding carboxylic acids is 1. The van der Waals surface area contributed by atoms with Crippen molar-refractivity contribution >= 4 is 15.9 Å². The minimum absolute atomic E-state index is 0.0845. The van der Waals surface area contributed by atoms with E-state index >= 15 is 0 Å². The average Bonchev–Trinajstić information content (AvgIpc) is 2.95. The summed E-state index contributed by atoms with van der Waals surface area (Å²) in [6.45, 7) is 1.55. The number of nitrogens with zero attached hydrogens (tertiary/aromatic N) is 2. The molecule has 1 heterocycles. The van der Waals surface area contributed by atoms with Crippen LogP contribution >= 0.6 is 0 Å². The predicted molar refractivity (Wildman–Crippen MR) is 108 cm³/mol. The third kappa shape index (κ3) is 4.21. The Morgan fingerprint density at radius 2 is 1.76 bits per heavy atom. The summed E-state index contributed by atoms with van der Waals surface area (Å²) in [5.41, 5.74) is 2.61. The van der Waals surface area contributed by atoms with Crippen LogP contribution in [-0.4, -0.2) is 49.7 Å². The van der Waals surface area contributed by atoms with Crippen LogP contribution in [0.3, 0.4) is 0 Å². The lowest BCUT2D eigenvalue weighted by Gasteiger charge is -2.23. The first kappa shape index (κ1) is 20.0. The summed E-state index contributed by atoms with van der Waals surface area (Å²) < 4.78 is 40.2. The summed E-state index contributed by atoms with van der Waals surface area (Å²) in [5, 5.41) is 0. The van der Waals surface area contributed by atoms with E-state index in [4.69, 9.17) is 0 Å². The first-order valence-electron chi connectivity index (χ1n) is 10.1. The summed E-state index contributed by atoms with van der Waals surface area (Å²) in [6.07, 6.45) is 3.07. The number of amides is 1. The van der Waals surface area contributed by atoms with Gasteiger partial charge in [-0.1, -0.05) is 24.3 Å². The molecule has 0 radical (unpaired) electrons. The van der Waals surface area contributed by atoms with E-state index in [0.29, 0.717) is 32.5 Å². The molecule has 0 spiro atoms. The zero-order valence-corrected chi connectivity index (χ0v) is 17.1. The second kappa shape index (κ2) is 8.24. The van der Waals surface area contributed by atoms with E-state index in [-0.39, 0.29) is 23.3 Å². The molecule has 1 unspecified atom stereocenters. The van der Waals surface area contributed by atoms with E-state index in [1.54, 1.807) is 4.90 Å². The lowest BCUT2D eigenvalue weighted by molar-refractivity contribution is -0.131. The number of hydrogen-bond acceptors (Lipinski definition) is 3.